The van der Waals surface area contributed by atoms with Crippen molar-refractivity contribution in [2.75, 3.05) is 0 Å². The van der Waals surface area contributed by atoms with Gasteiger partial charge < -0.3 is 4.74 Å². The summed E-state index contributed by atoms with van der Waals surface area (Å²) < 4.78 is 5.76. The van der Waals surface area contributed by atoms with Gasteiger partial charge in [0.2, 0.25) is 0 Å². The van der Waals surface area contributed by atoms with Crippen molar-refractivity contribution in [1.82, 2.24) is 4.98 Å². The van der Waals surface area contributed by atoms with Gasteiger partial charge >= 0.3 is 0 Å². The molecule has 1 aromatic carbocycles. The first-order valence-electron chi connectivity index (χ1n) is 6.29. The van der Waals surface area contributed by atoms with E-state index < -0.39 is 0 Å². The minimum atomic E-state index is 0.0771. The number of benzene rings is 1. The van der Waals surface area contributed by atoms with Gasteiger partial charge in [-0.25, -0.2) is 0 Å². The first kappa shape index (κ1) is 13.9. The third-order valence-corrected chi connectivity index (χ3v) is 3.21. The van der Waals surface area contributed by atoms with Gasteiger partial charge in [-0.1, -0.05) is 44.5 Å². The fourth-order valence-electron chi connectivity index (χ4n) is 1.72. The largest absolute Gasteiger partial charge is 0.486 e. The van der Waals surface area contributed by atoms with E-state index in [0.29, 0.717) is 17.4 Å². The van der Waals surface area contributed by atoms with Crippen LogP contribution in [0.25, 0.3) is 0 Å². The van der Waals surface area contributed by atoms with Crippen molar-refractivity contribution < 1.29 is 4.74 Å². The molecule has 19 heavy (non-hydrogen) atoms. The first-order valence-corrected chi connectivity index (χ1v) is 6.67. The zero-order valence-corrected chi connectivity index (χ0v) is 12.2. The van der Waals surface area contributed by atoms with Crippen LogP contribution in [0.5, 0.6) is 5.75 Å². The van der Waals surface area contributed by atoms with Crippen molar-refractivity contribution in [3.63, 3.8) is 0 Å². The highest BCUT2D eigenvalue weighted by molar-refractivity contribution is 6.32. The van der Waals surface area contributed by atoms with E-state index in [-0.39, 0.29) is 5.41 Å². The lowest BCUT2D eigenvalue weighted by molar-refractivity contribution is 0.300. The normalized spacial score (nSPS) is 11.4. The van der Waals surface area contributed by atoms with Crippen molar-refractivity contribution in [1.29, 1.82) is 0 Å². The standard InChI is InChI=1S/C16H18ClNO/c1-16(2,3)12-7-8-14(17)15(10-12)19-11-13-6-4-5-9-18-13/h4-10H,11H2,1-3H3. The van der Waals surface area contributed by atoms with Gasteiger partial charge in [-0.2, -0.15) is 0 Å². The lowest BCUT2D eigenvalue weighted by atomic mass is 9.87. The molecule has 1 aromatic heterocycles. The summed E-state index contributed by atoms with van der Waals surface area (Å²) in [6, 6.07) is 11.7. The maximum atomic E-state index is 6.17. The first-order chi connectivity index (χ1) is 8.97. The molecule has 0 N–H and O–H groups in total. The van der Waals surface area contributed by atoms with Gasteiger partial charge in [-0.15, -0.1) is 0 Å². The second-order valence-electron chi connectivity index (χ2n) is 5.50. The van der Waals surface area contributed by atoms with Crippen molar-refractivity contribution in [2.45, 2.75) is 32.8 Å². The van der Waals surface area contributed by atoms with E-state index in [1.54, 1.807) is 6.20 Å². The zero-order valence-electron chi connectivity index (χ0n) is 11.5. The minimum Gasteiger partial charge on any atom is -0.486 e. The highest BCUT2D eigenvalue weighted by Gasteiger charge is 2.15. The fourth-order valence-corrected chi connectivity index (χ4v) is 1.89. The van der Waals surface area contributed by atoms with Gasteiger partial charge in [0.05, 0.1) is 10.7 Å². The molecule has 0 fully saturated rings. The van der Waals surface area contributed by atoms with Gasteiger partial charge in [0.1, 0.15) is 12.4 Å². The van der Waals surface area contributed by atoms with Crippen molar-refractivity contribution in [2.24, 2.45) is 0 Å². The Hall–Kier alpha value is -1.54. The van der Waals surface area contributed by atoms with E-state index in [0.717, 1.165) is 5.69 Å². The van der Waals surface area contributed by atoms with Crippen LogP contribution in [0.2, 0.25) is 5.02 Å². The molecule has 2 rings (SSSR count). The molecule has 0 aliphatic carbocycles. The van der Waals surface area contributed by atoms with Crippen LogP contribution in [-0.2, 0) is 12.0 Å². The third-order valence-electron chi connectivity index (χ3n) is 2.90. The molecule has 0 radical (unpaired) electrons. The van der Waals surface area contributed by atoms with Gasteiger partial charge in [0.25, 0.3) is 0 Å². The Morgan fingerprint density at radius 3 is 2.58 bits per heavy atom. The third kappa shape index (κ3) is 3.71. The lowest BCUT2D eigenvalue weighted by Gasteiger charge is -2.20. The summed E-state index contributed by atoms with van der Waals surface area (Å²) in [5.41, 5.74) is 2.17. The zero-order chi connectivity index (χ0) is 13.9. The molecule has 0 saturated carbocycles. The van der Waals surface area contributed by atoms with Crippen LogP contribution in [0, 0.1) is 0 Å². The number of halogens is 1. The molecule has 0 unspecified atom stereocenters. The Morgan fingerprint density at radius 2 is 1.95 bits per heavy atom. The average Bonchev–Trinajstić information content (AvgIpc) is 2.37. The Morgan fingerprint density at radius 1 is 1.16 bits per heavy atom. The molecule has 100 valence electrons. The van der Waals surface area contributed by atoms with Crippen LogP contribution in [-0.4, -0.2) is 4.98 Å². The summed E-state index contributed by atoms with van der Waals surface area (Å²) in [5.74, 6) is 0.708. The maximum absolute atomic E-state index is 6.17. The number of hydrogen-bond donors (Lipinski definition) is 0. The molecule has 0 spiro atoms. The molecule has 0 bridgehead atoms. The second kappa shape index (κ2) is 5.62. The van der Waals surface area contributed by atoms with Crippen LogP contribution in [0.3, 0.4) is 0 Å². The number of hydrogen-bond acceptors (Lipinski definition) is 2. The van der Waals surface area contributed by atoms with E-state index in [1.807, 2.05) is 36.4 Å². The van der Waals surface area contributed by atoms with Crippen molar-refractivity contribution in [3.8, 4) is 5.75 Å². The van der Waals surface area contributed by atoms with Crippen LogP contribution in [0.4, 0.5) is 0 Å². The van der Waals surface area contributed by atoms with Crippen LogP contribution < -0.4 is 4.74 Å². The average molecular weight is 276 g/mol. The van der Waals surface area contributed by atoms with Gasteiger partial charge in [0.15, 0.2) is 0 Å². The number of pyridine rings is 1. The van der Waals surface area contributed by atoms with E-state index in [4.69, 9.17) is 16.3 Å². The highest BCUT2D eigenvalue weighted by atomic mass is 35.5. The summed E-state index contributed by atoms with van der Waals surface area (Å²) in [6.45, 7) is 6.92. The van der Waals surface area contributed by atoms with Crippen LogP contribution >= 0.6 is 11.6 Å². The van der Waals surface area contributed by atoms with E-state index in [9.17, 15) is 0 Å². The molecule has 1 heterocycles. The lowest BCUT2D eigenvalue weighted by Crippen LogP contribution is -2.11. The highest BCUT2D eigenvalue weighted by Crippen LogP contribution is 2.31. The Labute approximate surface area is 119 Å². The fraction of sp³-hybridized carbons (Fsp3) is 0.312. The minimum absolute atomic E-state index is 0.0771. The van der Waals surface area contributed by atoms with E-state index >= 15 is 0 Å². The predicted molar refractivity (Wildman–Crippen MR) is 78.7 cm³/mol. The van der Waals surface area contributed by atoms with E-state index in [2.05, 4.69) is 25.8 Å². The van der Waals surface area contributed by atoms with E-state index in [1.165, 1.54) is 5.56 Å². The van der Waals surface area contributed by atoms with Crippen LogP contribution in [0.15, 0.2) is 42.6 Å². The SMILES string of the molecule is CC(C)(C)c1ccc(Cl)c(OCc2ccccn2)c1. The molecule has 0 amide bonds. The van der Waals surface area contributed by atoms with Crippen LogP contribution in [0.1, 0.15) is 32.0 Å². The van der Waals surface area contributed by atoms with Crippen molar-refractivity contribution >= 4 is 11.6 Å². The molecule has 3 heteroatoms. The smallest absolute Gasteiger partial charge is 0.138 e. The van der Waals surface area contributed by atoms with Gasteiger partial charge in [-0.3, -0.25) is 4.98 Å². The Balaban J connectivity index is 2.16. The topological polar surface area (TPSA) is 22.1 Å². The molecule has 0 saturated heterocycles. The summed E-state index contributed by atoms with van der Waals surface area (Å²) in [4.78, 5) is 4.23. The van der Waals surface area contributed by atoms with Gasteiger partial charge in [0, 0.05) is 6.20 Å². The molecule has 0 aliphatic heterocycles. The molecule has 0 atom stereocenters. The number of nitrogens with zero attached hydrogens (tertiary/aromatic N) is 1. The Bertz CT molecular complexity index is 546. The predicted octanol–water partition coefficient (Wildman–Crippen LogP) is 4.61. The molecule has 2 aromatic rings. The summed E-state index contributed by atoms with van der Waals surface area (Å²) >= 11 is 6.17. The number of aromatic nitrogens is 1. The van der Waals surface area contributed by atoms with Crippen molar-refractivity contribution in [3.05, 3.63) is 58.9 Å². The summed E-state index contributed by atoms with van der Waals surface area (Å²) in [7, 11) is 0. The number of rotatable bonds is 3. The second-order valence-corrected chi connectivity index (χ2v) is 5.91. The quantitative estimate of drug-likeness (QED) is 0.816. The summed E-state index contributed by atoms with van der Waals surface area (Å²) in [5, 5.41) is 0.629. The molecule has 2 nitrogen and oxygen atoms in total. The summed E-state index contributed by atoms with van der Waals surface area (Å²) in [6.07, 6.45) is 1.76. The maximum Gasteiger partial charge on any atom is 0.138 e. The molecule has 0 aliphatic rings. The Kier molecular flexibility index (Phi) is 4.11. The van der Waals surface area contributed by atoms with Gasteiger partial charge in [-0.05, 0) is 35.2 Å². The monoisotopic (exact) mass is 275 g/mol. The number of ether oxygens (including phenoxy) is 1. The molecular formula is C16H18ClNO. The molecular weight excluding hydrogens is 258 g/mol.